The summed E-state index contributed by atoms with van der Waals surface area (Å²) in [4.78, 5) is 25.3. The van der Waals surface area contributed by atoms with Crippen LogP contribution < -0.4 is 0 Å². The van der Waals surface area contributed by atoms with Gasteiger partial charge < -0.3 is 10.0 Å². The highest BCUT2D eigenvalue weighted by molar-refractivity contribution is 5.88. The Balaban J connectivity index is 2.12. The summed E-state index contributed by atoms with van der Waals surface area (Å²) in [7, 11) is 1.76. The molecule has 2 aromatic carbocycles. The lowest BCUT2D eigenvalue weighted by Crippen LogP contribution is -2.40. The van der Waals surface area contributed by atoms with Crippen molar-refractivity contribution in [1.29, 1.82) is 0 Å². The van der Waals surface area contributed by atoms with Gasteiger partial charge in [0.05, 0.1) is 11.0 Å². The molecule has 2 aromatic rings. The predicted octanol–water partition coefficient (Wildman–Crippen LogP) is 3.32. The zero-order chi connectivity index (χ0) is 17.0. The minimum Gasteiger partial charge on any atom is -0.478 e. The molecule has 0 unspecified atom stereocenters. The number of rotatable bonds is 5. The van der Waals surface area contributed by atoms with Crippen molar-refractivity contribution in [3.8, 4) is 0 Å². The van der Waals surface area contributed by atoms with Crippen LogP contribution in [0.5, 0.6) is 0 Å². The second-order valence-electron chi connectivity index (χ2n) is 6.15. The van der Waals surface area contributed by atoms with Crippen LogP contribution in [-0.4, -0.2) is 28.9 Å². The molecule has 0 radical (unpaired) electrons. The minimum absolute atomic E-state index is 0.0195. The van der Waals surface area contributed by atoms with E-state index in [1.807, 2.05) is 44.2 Å². The molecule has 23 heavy (non-hydrogen) atoms. The second-order valence-corrected chi connectivity index (χ2v) is 6.15. The van der Waals surface area contributed by atoms with E-state index in [-0.39, 0.29) is 11.5 Å². The quantitative estimate of drug-likeness (QED) is 0.921. The number of nitrogens with zero attached hydrogens (tertiary/aromatic N) is 1. The Kier molecular flexibility index (Phi) is 4.84. The number of carbonyl (C=O) groups is 2. The van der Waals surface area contributed by atoms with Crippen molar-refractivity contribution >= 4 is 11.9 Å². The fraction of sp³-hybridized carbons (Fsp3) is 0.263. The fourth-order valence-corrected chi connectivity index (χ4v) is 2.55. The Morgan fingerprint density at radius 2 is 1.57 bits per heavy atom. The molecule has 0 aliphatic rings. The normalized spacial score (nSPS) is 11.1. The number of carboxylic acid groups (broad SMARTS) is 1. The monoisotopic (exact) mass is 311 g/mol. The van der Waals surface area contributed by atoms with E-state index < -0.39 is 11.4 Å². The third-order valence-electron chi connectivity index (χ3n) is 4.00. The van der Waals surface area contributed by atoms with Crippen LogP contribution in [0, 0.1) is 0 Å². The molecule has 0 saturated carbocycles. The van der Waals surface area contributed by atoms with Crippen LogP contribution in [-0.2, 0) is 16.8 Å². The van der Waals surface area contributed by atoms with Gasteiger partial charge in [0, 0.05) is 13.6 Å². The van der Waals surface area contributed by atoms with Gasteiger partial charge in [-0.3, -0.25) is 4.79 Å². The van der Waals surface area contributed by atoms with E-state index >= 15 is 0 Å². The summed E-state index contributed by atoms with van der Waals surface area (Å²) in [6, 6.07) is 16.3. The average Bonchev–Trinajstić information content (AvgIpc) is 2.55. The maximum Gasteiger partial charge on any atom is 0.335 e. The van der Waals surface area contributed by atoms with Crippen LogP contribution in [0.4, 0.5) is 0 Å². The summed E-state index contributed by atoms with van der Waals surface area (Å²) < 4.78 is 0. The van der Waals surface area contributed by atoms with E-state index in [2.05, 4.69) is 0 Å². The van der Waals surface area contributed by atoms with Crippen molar-refractivity contribution in [2.24, 2.45) is 0 Å². The molecule has 0 aliphatic carbocycles. The SMILES string of the molecule is CN(Cc1ccc(C(=O)O)cc1)C(=O)C(C)(C)c1ccccc1. The van der Waals surface area contributed by atoms with E-state index in [0.29, 0.717) is 6.54 Å². The highest BCUT2D eigenvalue weighted by Crippen LogP contribution is 2.25. The van der Waals surface area contributed by atoms with Crippen molar-refractivity contribution in [2.45, 2.75) is 25.8 Å². The Morgan fingerprint density at radius 1 is 1.00 bits per heavy atom. The first-order valence-electron chi connectivity index (χ1n) is 7.45. The molecule has 0 heterocycles. The van der Waals surface area contributed by atoms with Gasteiger partial charge in [0.2, 0.25) is 5.91 Å². The minimum atomic E-state index is -0.953. The molecule has 0 aromatic heterocycles. The summed E-state index contributed by atoms with van der Waals surface area (Å²) in [5.41, 5.74) is 1.50. The first kappa shape index (κ1) is 16.7. The molecule has 0 aliphatic heterocycles. The fourth-order valence-electron chi connectivity index (χ4n) is 2.55. The number of hydrogen-bond acceptors (Lipinski definition) is 2. The van der Waals surface area contributed by atoms with Gasteiger partial charge in [0.25, 0.3) is 0 Å². The molecule has 4 nitrogen and oxygen atoms in total. The summed E-state index contributed by atoms with van der Waals surface area (Å²) in [5, 5.41) is 8.91. The number of amides is 1. The first-order chi connectivity index (χ1) is 10.8. The van der Waals surface area contributed by atoms with Crippen LogP contribution in [0.3, 0.4) is 0 Å². The smallest absolute Gasteiger partial charge is 0.335 e. The lowest BCUT2D eigenvalue weighted by molar-refractivity contribution is -0.135. The van der Waals surface area contributed by atoms with Gasteiger partial charge in [-0.05, 0) is 37.1 Å². The molecule has 0 atom stereocenters. The van der Waals surface area contributed by atoms with E-state index in [1.165, 1.54) is 0 Å². The number of benzene rings is 2. The molecule has 1 N–H and O–H groups in total. The maximum absolute atomic E-state index is 12.8. The molecule has 0 fully saturated rings. The third kappa shape index (κ3) is 3.77. The van der Waals surface area contributed by atoms with Gasteiger partial charge in [-0.15, -0.1) is 0 Å². The summed E-state index contributed by atoms with van der Waals surface area (Å²) in [6.07, 6.45) is 0. The Morgan fingerprint density at radius 3 is 2.09 bits per heavy atom. The van der Waals surface area contributed by atoms with Crippen molar-refractivity contribution in [1.82, 2.24) is 4.90 Å². The largest absolute Gasteiger partial charge is 0.478 e. The number of likely N-dealkylation sites (N-methyl/N-ethyl adjacent to an activating group) is 1. The molecule has 4 heteroatoms. The highest BCUT2D eigenvalue weighted by Gasteiger charge is 2.32. The first-order valence-corrected chi connectivity index (χ1v) is 7.45. The van der Waals surface area contributed by atoms with E-state index in [0.717, 1.165) is 11.1 Å². The van der Waals surface area contributed by atoms with Crippen LogP contribution in [0.2, 0.25) is 0 Å². The zero-order valence-electron chi connectivity index (χ0n) is 13.6. The van der Waals surface area contributed by atoms with Crippen LogP contribution in [0.15, 0.2) is 54.6 Å². The van der Waals surface area contributed by atoms with Crippen molar-refractivity contribution < 1.29 is 14.7 Å². The van der Waals surface area contributed by atoms with Crippen LogP contribution in [0.1, 0.15) is 35.3 Å². The van der Waals surface area contributed by atoms with Crippen LogP contribution >= 0.6 is 0 Å². The Hall–Kier alpha value is -2.62. The van der Waals surface area contributed by atoms with Gasteiger partial charge >= 0.3 is 5.97 Å². The summed E-state index contributed by atoms with van der Waals surface area (Å²) in [5.74, 6) is -0.933. The van der Waals surface area contributed by atoms with E-state index in [4.69, 9.17) is 5.11 Å². The predicted molar refractivity (Wildman–Crippen MR) is 89.3 cm³/mol. The van der Waals surface area contributed by atoms with Crippen LogP contribution in [0.25, 0.3) is 0 Å². The van der Waals surface area contributed by atoms with Crippen molar-refractivity contribution in [3.05, 3.63) is 71.3 Å². The van der Waals surface area contributed by atoms with Crippen molar-refractivity contribution in [2.75, 3.05) is 7.05 Å². The molecule has 0 saturated heterocycles. The second kappa shape index (κ2) is 6.65. The molecule has 1 amide bonds. The number of hydrogen-bond donors (Lipinski definition) is 1. The molecule has 0 bridgehead atoms. The van der Waals surface area contributed by atoms with E-state index in [9.17, 15) is 9.59 Å². The maximum atomic E-state index is 12.8. The lowest BCUT2D eigenvalue weighted by Gasteiger charge is -2.30. The number of carbonyl (C=O) groups excluding carboxylic acids is 1. The van der Waals surface area contributed by atoms with Gasteiger partial charge in [-0.2, -0.15) is 0 Å². The topological polar surface area (TPSA) is 57.6 Å². The lowest BCUT2D eigenvalue weighted by atomic mass is 9.83. The summed E-state index contributed by atoms with van der Waals surface area (Å²) in [6.45, 7) is 4.26. The molecule has 120 valence electrons. The summed E-state index contributed by atoms with van der Waals surface area (Å²) >= 11 is 0. The third-order valence-corrected chi connectivity index (χ3v) is 4.00. The van der Waals surface area contributed by atoms with Gasteiger partial charge in [-0.1, -0.05) is 42.5 Å². The standard InChI is InChI=1S/C19H21NO3/c1-19(2,16-7-5-4-6-8-16)18(23)20(3)13-14-9-11-15(12-10-14)17(21)22/h4-12H,13H2,1-3H3,(H,21,22). The molecule has 0 spiro atoms. The average molecular weight is 311 g/mol. The van der Waals surface area contributed by atoms with Gasteiger partial charge in [0.1, 0.15) is 0 Å². The van der Waals surface area contributed by atoms with Crippen molar-refractivity contribution in [3.63, 3.8) is 0 Å². The highest BCUT2D eigenvalue weighted by atomic mass is 16.4. The Labute approximate surface area is 136 Å². The molecular formula is C19H21NO3. The molecular weight excluding hydrogens is 290 g/mol. The Bertz CT molecular complexity index is 690. The van der Waals surface area contributed by atoms with E-state index in [1.54, 1.807) is 36.2 Å². The number of carboxylic acids is 1. The zero-order valence-corrected chi connectivity index (χ0v) is 13.6. The van der Waals surface area contributed by atoms with Gasteiger partial charge in [0.15, 0.2) is 0 Å². The molecule has 2 rings (SSSR count). The van der Waals surface area contributed by atoms with Gasteiger partial charge in [-0.25, -0.2) is 4.79 Å². The number of aromatic carboxylic acids is 1.